The summed E-state index contributed by atoms with van der Waals surface area (Å²) in [4.78, 5) is 25.2. The first kappa shape index (κ1) is 27.7. The summed E-state index contributed by atoms with van der Waals surface area (Å²) in [7, 11) is 0. The largest absolute Gasteiger partial charge is 0.573 e. The number of carbonyl (C=O) groups is 2. The number of esters is 2. The lowest BCUT2D eigenvalue weighted by molar-refractivity contribution is -0.274. The number of benzene rings is 1. The monoisotopic (exact) mass is 539 g/mol. The van der Waals surface area contributed by atoms with Crippen LogP contribution in [-0.4, -0.2) is 46.1 Å². The van der Waals surface area contributed by atoms with E-state index in [4.69, 9.17) is 14.2 Å². The minimum absolute atomic E-state index is 0.0144. The summed E-state index contributed by atoms with van der Waals surface area (Å²) in [5, 5.41) is 10.0. The Labute approximate surface area is 218 Å². The predicted molar refractivity (Wildman–Crippen MR) is 127 cm³/mol. The first-order chi connectivity index (χ1) is 18.2. The molecule has 0 aliphatic heterocycles. The Bertz CT molecular complexity index is 1060. The van der Waals surface area contributed by atoms with E-state index in [-0.39, 0.29) is 41.2 Å². The first-order valence-corrected chi connectivity index (χ1v) is 13.1. The lowest BCUT2D eigenvalue weighted by Crippen LogP contribution is -2.29. The molecular formula is C26H32F3N3O6. The number of hydrogen-bond acceptors (Lipinski definition) is 8. The van der Waals surface area contributed by atoms with Gasteiger partial charge in [0.15, 0.2) is 0 Å². The average Bonchev–Trinajstić information content (AvgIpc) is 3.37. The van der Waals surface area contributed by atoms with Crippen molar-refractivity contribution in [3.05, 3.63) is 35.5 Å². The van der Waals surface area contributed by atoms with E-state index in [1.807, 2.05) is 0 Å². The second-order valence-corrected chi connectivity index (χ2v) is 9.72. The summed E-state index contributed by atoms with van der Waals surface area (Å²) in [5.41, 5.74) is 0.872. The zero-order valence-electron chi connectivity index (χ0n) is 21.2. The first-order valence-electron chi connectivity index (χ1n) is 13.1. The molecule has 12 heteroatoms. The van der Waals surface area contributed by atoms with Crippen LogP contribution in [0.4, 0.5) is 13.2 Å². The lowest BCUT2D eigenvalue weighted by Gasteiger charge is -2.28. The van der Waals surface area contributed by atoms with Crippen LogP contribution in [0.25, 0.3) is 0 Å². The number of ether oxygens (including phenoxy) is 4. The fraction of sp³-hybridized carbons (Fsp3) is 0.615. The maximum Gasteiger partial charge on any atom is 0.573 e. The number of nitrogens with zero attached hydrogens (tertiary/aromatic N) is 2. The Morgan fingerprint density at radius 1 is 1.00 bits per heavy atom. The number of rotatable bonds is 9. The van der Waals surface area contributed by atoms with E-state index in [0.29, 0.717) is 19.3 Å². The van der Waals surface area contributed by atoms with Crippen molar-refractivity contribution < 1.29 is 41.7 Å². The number of carbonyl (C=O) groups excluding carboxylic acids is 2. The predicted octanol–water partition coefficient (Wildman–Crippen LogP) is 5.82. The highest BCUT2D eigenvalue weighted by atomic mass is 19.4. The van der Waals surface area contributed by atoms with Crippen LogP contribution in [0.1, 0.15) is 93.1 Å². The Hall–Kier alpha value is -3.31. The van der Waals surface area contributed by atoms with Crippen molar-refractivity contribution in [2.45, 2.75) is 95.8 Å². The van der Waals surface area contributed by atoms with Gasteiger partial charge in [0.05, 0.1) is 5.92 Å². The van der Waals surface area contributed by atoms with E-state index in [2.05, 4.69) is 20.1 Å². The zero-order chi connectivity index (χ0) is 27.1. The summed E-state index contributed by atoms with van der Waals surface area (Å²) in [6.07, 6.45) is 1.80. The second kappa shape index (κ2) is 12.5. The lowest BCUT2D eigenvalue weighted by atomic mass is 9.83. The number of hydrogen-bond donors (Lipinski definition) is 1. The Morgan fingerprint density at radius 2 is 1.68 bits per heavy atom. The van der Waals surface area contributed by atoms with Crippen LogP contribution in [0.3, 0.4) is 0 Å². The van der Waals surface area contributed by atoms with Crippen molar-refractivity contribution in [2.24, 2.45) is 5.92 Å². The summed E-state index contributed by atoms with van der Waals surface area (Å²) in [6, 6.07) is 5.91. The maximum absolute atomic E-state index is 12.8. The maximum atomic E-state index is 12.8. The van der Waals surface area contributed by atoms with Gasteiger partial charge in [-0.1, -0.05) is 48.6 Å². The fourth-order valence-corrected chi connectivity index (χ4v) is 4.98. The molecule has 38 heavy (non-hydrogen) atoms. The summed E-state index contributed by atoms with van der Waals surface area (Å²) >= 11 is 0. The normalized spacial score (nSPS) is 21.4. The van der Waals surface area contributed by atoms with Gasteiger partial charge in [0.25, 0.3) is 5.88 Å². The van der Waals surface area contributed by atoms with E-state index in [1.165, 1.54) is 12.1 Å². The number of halogens is 3. The Morgan fingerprint density at radius 3 is 2.32 bits per heavy atom. The molecule has 1 unspecified atom stereocenters. The third-order valence-electron chi connectivity index (χ3n) is 7.02. The van der Waals surface area contributed by atoms with Gasteiger partial charge < -0.3 is 18.9 Å². The number of nitrogens with one attached hydrogen (secondary N) is 1. The molecule has 2 saturated carbocycles. The molecule has 1 heterocycles. The SMILES string of the molecule is CCC(OC(=O)c1[nH]nnc1OC1CCC(c2ccc(OC(F)(F)F)cc2)CC1)OC(=O)C1CCCCC1. The number of aromatic nitrogens is 3. The number of H-pyrrole nitrogens is 1. The van der Waals surface area contributed by atoms with Gasteiger partial charge in [0, 0.05) is 6.42 Å². The van der Waals surface area contributed by atoms with Gasteiger partial charge in [0.2, 0.25) is 12.0 Å². The molecule has 2 fully saturated rings. The third-order valence-corrected chi connectivity index (χ3v) is 7.02. The standard InChI is InChI=1S/C26H32F3N3O6/c1-2-21(36-24(33)18-6-4-3-5-7-18)37-25(34)22-23(31-32-30-22)35-19-12-8-16(9-13-19)17-10-14-20(15-11-17)38-26(27,28)29/h10-11,14-16,18-19,21H,2-9,12-13H2,1H3,(H,30,31,32). The van der Waals surface area contributed by atoms with Gasteiger partial charge in [-0.3, -0.25) is 4.79 Å². The van der Waals surface area contributed by atoms with Gasteiger partial charge >= 0.3 is 18.3 Å². The molecule has 1 atom stereocenters. The Balaban J connectivity index is 1.27. The number of aromatic amines is 1. The van der Waals surface area contributed by atoms with E-state index in [0.717, 1.165) is 50.5 Å². The molecule has 0 radical (unpaired) electrons. The van der Waals surface area contributed by atoms with Crippen LogP contribution in [-0.2, 0) is 14.3 Å². The molecule has 1 N–H and O–H groups in total. The minimum Gasteiger partial charge on any atom is -0.472 e. The average molecular weight is 540 g/mol. The van der Waals surface area contributed by atoms with Crippen LogP contribution in [0.5, 0.6) is 11.6 Å². The highest BCUT2D eigenvalue weighted by Gasteiger charge is 2.32. The molecule has 4 rings (SSSR count). The molecule has 0 saturated heterocycles. The molecule has 1 aromatic heterocycles. The molecule has 0 amide bonds. The van der Waals surface area contributed by atoms with Crippen LogP contribution >= 0.6 is 0 Å². The van der Waals surface area contributed by atoms with Crippen LogP contribution in [0, 0.1) is 5.92 Å². The summed E-state index contributed by atoms with van der Waals surface area (Å²) < 4.78 is 57.8. The van der Waals surface area contributed by atoms with E-state index >= 15 is 0 Å². The smallest absolute Gasteiger partial charge is 0.472 e. The van der Waals surface area contributed by atoms with Crippen molar-refractivity contribution >= 4 is 11.9 Å². The second-order valence-electron chi connectivity index (χ2n) is 9.72. The van der Waals surface area contributed by atoms with E-state index in [1.54, 1.807) is 19.1 Å². The van der Waals surface area contributed by atoms with Crippen LogP contribution < -0.4 is 9.47 Å². The molecule has 0 bridgehead atoms. The molecule has 2 aliphatic carbocycles. The van der Waals surface area contributed by atoms with Crippen molar-refractivity contribution in [1.29, 1.82) is 0 Å². The highest BCUT2D eigenvalue weighted by Crippen LogP contribution is 2.36. The molecule has 208 valence electrons. The summed E-state index contributed by atoms with van der Waals surface area (Å²) in [6.45, 7) is 1.75. The van der Waals surface area contributed by atoms with Gasteiger partial charge in [-0.05, 0) is 62.1 Å². The molecule has 9 nitrogen and oxygen atoms in total. The number of alkyl halides is 3. The van der Waals surface area contributed by atoms with Crippen molar-refractivity contribution in [2.75, 3.05) is 0 Å². The minimum atomic E-state index is -4.72. The van der Waals surface area contributed by atoms with Crippen LogP contribution in [0.15, 0.2) is 24.3 Å². The van der Waals surface area contributed by atoms with Crippen molar-refractivity contribution in [3.8, 4) is 11.6 Å². The van der Waals surface area contributed by atoms with Crippen LogP contribution in [0.2, 0.25) is 0 Å². The zero-order valence-corrected chi connectivity index (χ0v) is 21.2. The quantitative estimate of drug-likeness (QED) is 0.313. The topological polar surface area (TPSA) is 113 Å². The van der Waals surface area contributed by atoms with E-state index < -0.39 is 18.6 Å². The van der Waals surface area contributed by atoms with Gasteiger partial charge in [-0.25, -0.2) is 9.89 Å². The molecule has 1 aromatic carbocycles. The summed E-state index contributed by atoms with van der Waals surface area (Å²) in [5.74, 6) is -1.35. The Kier molecular flexibility index (Phi) is 9.11. The van der Waals surface area contributed by atoms with Gasteiger partial charge in [-0.15, -0.1) is 13.2 Å². The van der Waals surface area contributed by atoms with E-state index in [9.17, 15) is 22.8 Å². The highest BCUT2D eigenvalue weighted by molar-refractivity contribution is 5.89. The van der Waals surface area contributed by atoms with Gasteiger partial charge in [-0.2, -0.15) is 0 Å². The molecule has 2 aliphatic rings. The molecule has 0 spiro atoms. The van der Waals surface area contributed by atoms with Gasteiger partial charge in [0.1, 0.15) is 11.9 Å². The molecular weight excluding hydrogens is 507 g/mol. The third kappa shape index (κ3) is 7.61. The van der Waals surface area contributed by atoms with Crippen molar-refractivity contribution in [3.63, 3.8) is 0 Å². The molecule has 2 aromatic rings. The fourth-order valence-electron chi connectivity index (χ4n) is 4.98. The van der Waals surface area contributed by atoms with Crippen molar-refractivity contribution in [1.82, 2.24) is 15.4 Å².